The standard InChI is InChI=1S/C28H25NO4/c1-3-14-31-15-4-5-16-32-25-11-13-27-22(19-25)18-21-17-20(6-12-26(21)27)28(30)33-24-9-7-23(29-2)8-10-24/h3,6-13,17,19H,1,4-5,14-16,18H2. The van der Waals surface area contributed by atoms with E-state index in [0.29, 0.717) is 36.8 Å². The lowest BCUT2D eigenvalue weighted by molar-refractivity contribution is 0.0734. The lowest BCUT2D eigenvalue weighted by Gasteiger charge is -2.08. The average Bonchev–Trinajstić information content (AvgIpc) is 3.21. The Labute approximate surface area is 194 Å². The second-order valence-corrected chi connectivity index (χ2v) is 7.78. The van der Waals surface area contributed by atoms with E-state index in [-0.39, 0.29) is 0 Å². The molecule has 5 heteroatoms. The van der Waals surface area contributed by atoms with E-state index >= 15 is 0 Å². The molecule has 0 atom stereocenters. The number of carbonyl (C=O) groups excluding carboxylic acids is 1. The highest BCUT2D eigenvalue weighted by Crippen LogP contribution is 2.39. The minimum Gasteiger partial charge on any atom is -0.494 e. The van der Waals surface area contributed by atoms with Gasteiger partial charge in [-0.25, -0.2) is 9.64 Å². The Morgan fingerprint density at radius 3 is 2.39 bits per heavy atom. The van der Waals surface area contributed by atoms with E-state index in [4.69, 9.17) is 20.8 Å². The number of ether oxygens (including phenoxy) is 3. The Morgan fingerprint density at radius 2 is 1.64 bits per heavy atom. The number of hydrogen-bond acceptors (Lipinski definition) is 4. The summed E-state index contributed by atoms with van der Waals surface area (Å²) in [5, 5.41) is 0. The minimum absolute atomic E-state index is 0.412. The zero-order valence-electron chi connectivity index (χ0n) is 18.4. The third-order valence-electron chi connectivity index (χ3n) is 5.45. The molecule has 0 aromatic heterocycles. The van der Waals surface area contributed by atoms with Crippen LogP contribution in [0.15, 0.2) is 73.3 Å². The maximum absolute atomic E-state index is 12.6. The molecule has 0 radical (unpaired) electrons. The molecular formula is C28H25NO4. The number of nitrogens with zero attached hydrogens (tertiary/aromatic N) is 1. The summed E-state index contributed by atoms with van der Waals surface area (Å²) in [5.74, 6) is 0.867. The lowest BCUT2D eigenvalue weighted by atomic mass is 10.0. The summed E-state index contributed by atoms with van der Waals surface area (Å²) in [7, 11) is 0. The Balaban J connectivity index is 1.36. The van der Waals surface area contributed by atoms with Crippen LogP contribution < -0.4 is 9.47 Å². The quantitative estimate of drug-likeness (QED) is 0.0944. The number of esters is 1. The van der Waals surface area contributed by atoms with Gasteiger partial charge in [0.15, 0.2) is 5.69 Å². The first-order valence-electron chi connectivity index (χ1n) is 11.0. The fourth-order valence-electron chi connectivity index (χ4n) is 3.82. The summed E-state index contributed by atoms with van der Waals surface area (Å²) < 4.78 is 16.8. The smallest absolute Gasteiger partial charge is 0.343 e. The van der Waals surface area contributed by atoms with Gasteiger partial charge in [-0.3, -0.25) is 0 Å². The number of carbonyl (C=O) groups is 1. The van der Waals surface area contributed by atoms with Crippen LogP contribution in [-0.2, 0) is 11.2 Å². The van der Waals surface area contributed by atoms with Gasteiger partial charge in [0.05, 0.1) is 25.3 Å². The molecule has 0 heterocycles. The fourth-order valence-corrected chi connectivity index (χ4v) is 3.82. The predicted molar refractivity (Wildman–Crippen MR) is 128 cm³/mol. The molecule has 1 aliphatic rings. The van der Waals surface area contributed by atoms with E-state index in [0.717, 1.165) is 36.1 Å². The summed E-state index contributed by atoms with van der Waals surface area (Å²) in [6.45, 7) is 12.6. The van der Waals surface area contributed by atoms with Gasteiger partial charge in [-0.05, 0) is 77.9 Å². The summed E-state index contributed by atoms with van der Waals surface area (Å²) in [4.78, 5) is 15.9. The lowest BCUT2D eigenvalue weighted by Crippen LogP contribution is -2.08. The molecule has 0 aliphatic heterocycles. The predicted octanol–water partition coefficient (Wildman–Crippen LogP) is 6.39. The van der Waals surface area contributed by atoms with E-state index in [1.165, 1.54) is 11.1 Å². The molecule has 0 saturated heterocycles. The number of rotatable bonds is 10. The SMILES string of the molecule is [C-]#[N+]c1ccc(OC(=O)c2ccc3c(c2)Cc2cc(OCCCCOCC=C)ccc2-3)cc1. The molecule has 4 rings (SSSR count). The van der Waals surface area contributed by atoms with Crippen LogP contribution in [0.5, 0.6) is 11.5 Å². The second kappa shape index (κ2) is 10.6. The molecular weight excluding hydrogens is 414 g/mol. The first kappa shape index (κ1) is 22.3. The first-order chi connectivity index (χ1) is 16.2. The van der Waals surface area contributed by atoms with Crippen molar-refractivity contribution in [2.24, 2.45) is 0 Å². The highest BCUT2D eigenvalue weighted by atomic mass is 16.5. The molecule has 0 bridgehead atoms. The van der Waals surface area contributed by atoms with Gasteiger partial charge in [0, 0.05) is 6.61 Å². The molecule has 0 N–H and O–H groups in total. The van der Waals surface area contributed by atoms with Crippen molar-refractivity contribution in [3.8, 4) is 22.6 Å². The summed E-state index contributed by atoms with van der Waals surface area (Å²) in [6, 6.07) is 18.4. The third-order valence-corrected chi connectivity index (χ3v) is 5.45. The molecule has 0 saturated carbocycles. The largest absolute Gasteiger partial charge is 0.494 e. The van der Waals surface area contributed by atoms with Crippen molar-refractivity contribution >= 4 is 11.7 Å². The third kappa shape index (κ3) is 5.49. The van der Waals surface area contributed by atoms with Crippen LogP contribution in [0.1, 0.15) is 34.3 Å². The molecule has 0 fully saturated rings. The number of hydrogen-bond donors (Lipinski definition) is 0. The van der Waals surface area contributed by atoms with Crippen molar-refractivity contribution in [3.63, 3.8) is 0 Å². The highest BCUT2D eigenvalue weighted by molar-refractivity contribution is 5.93. The van der Waals surface area contributed by atoms with E-state index in [1.54, 1.807) is 36.4 Å². The van der Waals surface area contributed by atoms with Gasteiger partial charge in [0.2, 0.25) is 0 Å². The monoisotopic (exact) mass is 439 g/mol. The van der Waals surface area contributed by atoms with Crippen LogP contribution >= 0.6 is 0 Å². The topological polar surface area (TPSA) is 49.1 Å². The summed E-state index contributed by atoms with van der Waals surface area (Å²) in [6.07, 6.45) is 4.38. The van der Waals surface area contributed by atoms with Crippen molar-refractivity contribution in [1.29, 1.82) is 0 Å². The van der Waals surface area contributed by atoms with E-state index < -0.39 is 5.97 Å². The Hall–Kier alpha value is -3.88. The van der Waals surface area contributed by atoms with Crippen LogP contribution in [0.2, 0.25) is 0 Å². The zero-order valence-corrected chi connectivity index (χ0v) is 18.4. The zero-order chi connectivity index (χ0) is 23.0. The fraction of sp³-hybridized carbons (Fsp3) is 0.214. The van der Waals surface area contributed by atoms with E-state index in [9.17, 15) is 4.79 Å². The Bertz CT molecular complexity index is 1190. The van der Waals surface area contributed by atoms with Crippen LogP contribution in [0.25, 0.3) is 16.0 Å². The van der Waals surface area contributed by atoms with Gasteiger partial charge in [-0.1, -0.05) is 30.3 Å². The van der Waals surface area contributed by atoms with Gasteiger partial charge in [0.25, 0.3) is 0 Å². The van der Waals surface area contributed by atoms with Crippen molar-refractivity contribution < 1.29 is 19.0 Å². The van der Waals surface area contributed by atoms with Gasteiger partial charge >= 0.3 is 5.97 Å². The number of benzene rings is 3. The Morgan fingerprint density at radius 1 is 0.939 bits per heavy atom. The molecule has 0 spiro atoms. The molecule has 166 valence electrons. The van der Waals surface area contributed by atoms with Crippen LogP contribution in [0.3, 0.4) is 0 Å². The summed E-state index contributed by atoms with van der Waals surface area (Å²) in [5.41, 5.74) is 5.60. The van der Waals surface area contributed by atoms with Crippen LogP contribution in [0.4, 0.5) is 5.69 Å². The second-order valence-electron chi connectivity index (χ2n) is 7.78. The number of fused-ring (bicyclic) bond motifs is 3. The molecule has 1 aliphatic carbocycles. The van der Waals surface area contributed by atoms with Crippen molar-refractivity contribution in [2.75, 3.05) is 19.8 Å². The molecule has 3 aromatic rings. The van der Waals surface area contributed by atoms with Gasteiger partial charge in [0.1, 0.15) is 11.5 Å². The van der Waals surface area contributed by atoms with E-state index in [1.807, 2.05) is 18.2 Å². The molecule has 5 nitrogen and oxygen atoms in total. The van der Waals surface area contributed by atoms with E-state index in [2.05, 4.69) is 23.6 Å². The van der Waals surface area contributed by atoms with Gasteiger partial charge in [-0.15, -0.1) is 6.58 Å². The maximum Gasteiger partial charge on any atom is 0.343 e. The number of unbranched alkanes of at least 4 members (excludes halogenated alkanes) is 1. The maximum atomic E-state index is 12.6. The van der Waals surface area contributed by atoms with Crippen LogP contribution in [0, 0.1) is 6.57 Å². The summed E-state index contributed by atoms with van der Waals surface area (Å²) >= 11 is 0. The van der Waals surface area contributed by atoms with Crippen molar-refractivity contribution in [2.45, 2.75) is 19.3 Å². The molecule has 0 amide bonds. The van der Waals surface area contributed by atoms with Crippen molar-refractivity contribution in [3.05, 3.63) is 101 Å². The molecule has 3 aromatic carbocycles. The minimum atomic E-state index is -0.412. The average molecular weight is 440 g/mol. The molecule has 33 heavy (non-hydrogen) atoms. The molecule has 0 unspecified atom stereocenters. The first-order valence-corrected chi connectivity index (χ1v) is 11.0. The highest BCUT2D eigenvalue weighted by Gasteiger charge is 2.21. The van der Waals surface area contributed by atoms with Gasteiger partial charge in [-0.2, -0.15) is 0 Å². The normalized spacial score (nSPS) is 11.2. The van der Waals surface area contributed by atoms with Gasteiger partial charge < -0.3 is 14.2 Å². The van der Waals surface area contributed by atoms with Crippen molar-refractivity contribution in [1.82, 2.24) is 0 Å². The van der Waals surface area contributed by atoms with Crippen LogP contribution in [-0.4, -0.2) is 25.8 Å². The Kier molecular flexibility index (Phi) is 7.19.